The second-order valence-corrected chi connectivity index (χ2v) is 6.83. The molecule has 0 aliphatic carbocycles. The van der Waals surface area contributed by atoms with E-state index in [4.69, 9.17) is 4.74 Å². The largest absolute Gasteiger partial charge is 0.471 e. The number of nitrogens with one attached hydrogen (secondary N) is 2. The van der Waals surface area contributed by atoms with Crippen LogP contribution in [0.3, 0.4) is 0 Å². The summed E-state index contributed by atoms with van der Waals surface area (Å²) in [6.07, 6.45) is -0.435. The smallest absolute Gasteiger partial charge is 0.322 e. The van der Waals surface area contributed by atoms with E-state index in [2.05, 4.69) is 38.3 Å². The van der Waals surface area contributed by atoms with E-state index in [1.807, 2.05) is 55.5 Å². The average molecular weight is 340 g/mol. The van der Waals surface area contributed by atoms with Crippen LogP contribution in [0.15, 0.2) is 48.5 Å². The number of para-hydroxylation sites is 1. The fourth-order valence-corrected chi connectivity index (χ4v) is 2.59. The minimum Gasteiger partial charge on any atom is -0.471 e. The predicted molar refractivity (Wildman–Crippen MR) is 103 cm³/mol. The fourth-order valence-electron chi connectivity index (χ4n) is 2.59. The van der Waals surface area contributed by atoms with Crippen LogP contribution in [0.1, 0.15) is 57.6 Å². The molecule has 0 saturated carbocycles. The van der Waals surface area contributed by atoms with Gasteiger partial charge in [-0.1, -0.05) is 58.0 Å². The van der Waals surface area contributed by atoms with E-state index in [0.717, 1.165) is 17.0 Å². The van der Waals surface area contributed by atoms with Crippen LogP contribution in [0.2, 0.25) is 0 Å². The van der Waals surface area contributed by atoms with Gasteiger partial charge in [0.25, 0.3) is 0 Å². The zero-order chi connectivity index (χ0) is 18.4. The molecule has 2 aromatic carbocycles. The van der Waals surface area contributed by atoms with Gasteiger partial charge < -0.3 is 15.4 Å². The molecular formula is C21H28N2O2. The van der Waals surface area contributed by atoms with Crippen LogP contribution in [0.25, 0.3) is 0 Å². The standard InChI is InChI=1S/C21H28N2O2/c1-14(2)17-10-12-18(13-11-17)23-21(24)22-16(5)25-20-9-7-6-8-19(20)15(3)4/h6-16H,1-5H3,(H2,22,23,24). The predicted octanol–water partition coefficient (Wildman–Crippen LogP) is 5.48. The van der Waals surface area contributed by atoms with Crippen molar-refractivity contribution in [1.29, 1.82) is 0 Å². The highest BCUT2D eigenvalue weighted by molar-refractivity contribution is 5.89. The first-order chi connectivity index (χ1) is 11.9. The second-order valence-electron chi connectivity index (χ2n) is 6.83. The molecule has 0 bridgehead atoms. The molecule has 0 aliphatic rings. The molecule has 0 saturated heterocycles. The van der Waals surface area contributed by atoms with E-state index in [1.165, 1.54) is 5.56 Å². The molecule has 1 unspecified atom stereocenters. The number of hydrogen-bond donors (Lipinski definition) is 2. The van der Waals surface area contributed by atoms with Crippen molar-refractivity contribution in [2.24, 2.45) is 0 Å². The van der Waals surface area contributed by atoms with Gasteiger partial charge in [-0.05, 0) is 48.1 Å². The first kappa shape index (κ1) is 18.8. The Balaban J connectivity index is 1.92. The molecular weight excluding hydrogens is 312 g/mol. The third-order valence-corrected chi connectivity index (χ3v) is 4.01. The molecule has 25 heavy (non-hydrogen) atoms. The summed E-state index contributed by atoms with van der Waals surface area (Å²) >= 11 is 0. The number of amides is 2. The van der Waals surface area contributed by atoms with Gasteiger partial charge >= 0.3 is 6.03 Å². The Morgan fingerprint density at radius 3 is 2.12 bits per heavy atom. The monoisotopic (exact) mass is 340 g/mol. The van der Waals surface area contributed by atoms with Gasteiger partial charge in [-0.3, -0.25) is 0 Å². The first-order valence-corrected chi connectivity index (χ1v) is 8.80. The topological polar surface area (TPSA) is 50.4 Å². The summed E-state index contributed by atoms with van der Waals surface area (Å²) < 4.78 is 5.89. The average Bonchev–Trinajstić information content (AvgIpc) is 2.55. The maximum atomic E-state index is 12.1. The van der Waals surface area contributed by atoms with Crippen molar-refractivity contribution < 1.29 is 9.53 Å². The van der Waals surface area contributed by atoms with Gasteiger partial charge in [0.1, 0.15) is 5.75 Å². The third kappa shape index (κ3) is 5.52. The maximum Gasteiger partial charge on any atom is 0.322 e. The summed E-state index contributed by atoms with van der Waals surface area (Å²) in [5.41, 5.74) is 3.13. The Labute approximate surface area is 150 Å². The molecule has 1 atom stereocenters. The zero-order valence-electron chi connectivity index (χ0n) is 15.7. The number of anilines is 1. The van der Waals surface area contributed by atoms with Crippen LogP contribution in [0.4, 0.5) is 10.5 Å². The molecule has 134 valence electrons. The Hall–Kier alpha value is -2.49. The van der Waals surface area contributed by atoms with Gasteiger partial charge in [-0.15, -0.1) is 0 Å². The molecule has 4 heteroatoms. The Kier molecular flexibility index (Phi) is 6.45. The highest BCUT2D eigenvalue weighted by Crippen LogP contribution is 2.26. The number of benzene rings is 2. The van der Waals surface area contributed by atoms with E-state index in [0.29, 0.717) is 11.8 Å². The van der Waals surface area contributed by atoms with E-state index in [1.54, 1.807) is 0 Å². The molecule has 0 fully saturated rings. The number of carbonyl (C=O) groups excluding carboxylic acids is 1. The quantitative estimate of drug-likeness (QED) is 0.684. The number of rotatable bonds is 6. The van der Waals surface area contributed by atoms with Crippen molar-refractivity contribution in [3.8, 4) is 5.75 Å². The fraction of sp³-hybridized carbons (Fsp3) is 0.381. The molecule has 2 N–H and O–H groups in total. The Morgan fingerprint density at radius 1 is 0.880 bits per heavy atom. The van der Waals surface area contributed by atoms with Crippen molar-refractivity contribution >= 4 is 11.7 Å². The van der Waals surface area contributed by atoms with Crippen molar-refractivity contribution in [2.45, 2.75) is 52.7 Å². The minimum absolute atomic E-state index is 0.285. The lowest BCUT2D eigenvalue weighted by molar-refractivity contribution is 0.181. The zero-order valence-corrected chi connectivity index (χ0v) is 15.7. The third-order valence-electron chi connectivity index (χ3n) is 4.01. The van der Waals surface area contributed by atoms with E-state index in [9.17, 15) is 4.79 Å². The van der Waals surface area contributed by atoms with E-state index < -0.39 is 6.23 Å². The number of carbonyl (C=O) groups is 1. The van der Waals surface area contributed by atoms with Gasteiger partial charge in [-0.25, -0.2) is 4.79 Å². The minimum atomic E-state index is -0.435. The Bertz CT molecular complexity index is 693. The number of ether oxygens (including phenoxy) is 1. The van der Waals surface area contributed by atoms with Crippen LogP contribution in [-0.2, 0) is 0 Å². The SMILES string of the molecule is CC(NC(=O)Nc1ccc(C(C)C)cc1)Oc1ccccc1C(C)C. The van der Waals surface area contributed by atoms with Crippen LogP contribution >= 0.6 is 0 Å². The highest BCUT2D eigenvalue weighted by Gasteiger charge is 2.12. The first-order valence-electron chi connectivity index (χ1n) is 8.80. The van der Waals surface area contributed by atoms with E-state index >= 15 is 0 Å². The van der Waals surface area contributed by atoms with E-state index in [-0.39, 0.29) is 6.03 Å². The van der Waals surface area contributed by atoms with Crippen LogP contribution in [0.5, 0.6) is 5.75 Å². The lowest BCUT2D eigenvalue weighted by atomic mass is 10.0. The van der Waals surface area contributed by atoms with Gasteiger partial charge in [0.15, 0.2) is 6.23 Å². The number of urea groups is 1. The number of hydrogen-bond acceptors (Lipinski definition) is 2. The van der Waals surface area contributed by atoms with Gasteiger partial charge in [-0.2, -0.15) is 0 Å². The molecule has 0 aliphatic heterocycles. The molecule has 4 nitrogen and oxygen atoms in total. The van der Waals surface area contributed by atoms with Crippen LogP contribution in [0, 0.1) is 0 Å². The summed E-state index contributed by atoms with van der Waals surface area (Å²) in [4.78, 5) is 12.1. The summed E-state index contributed by atoms with van der Waals surface area (Å²) in [5, 5.41) is 5.64. The Morgan fingerprint density at radius 2 is 1.52 bits per heavy atom. The summed E-state index contributed by atoms with van der Waals surface area (Å²) in [7, 11) is 0. The lowest BCUT2D eigenvalue weighted by Gasteiger charge is -2.20. The maximum absolute atomic E-state index is 12.1. The summed E-state index contributed by atoms with van der Waals surface area (Å²) in [6.45, 7) is 10.3. The van der Waals surface area contributed by atoms with Crippen molar-refractivity contribution in [3.63, 3.8) is 0 Å². The molecule has 0 aromatic heterocycles. The summed E-state index contributed by atoms with van der Waals surface area (Å²) in [5.74, 6) is 1.63. The van der Waals surface area contributed by atoms with Gasteiger partial charge in [0.2, 0.25) is 0 Å². The van der Waals surface area contributed by atoms with Crippen molar-refractivity contribution in [2.75, 3.05) is 5.32 Å². The van der Waals surface area contributed by atoms with Gasteiger partial charge in [0, 0.05) is 5.69 Å². The second kappa shape index (κ2) is 8.56. The van der Waals surface area contributed by atoms with Gasteiger partial charge in [0.05, 0.1) is 0 Å². The highest BCUT2D eigenvalue weighted by atomic mass is 16.5. The molecule has 0 radical (unpaired) electrons. The molecule has 2 amide bonds. The molecule has 2 rings (SSSR count). The van der Waals surface area contributed by atoms with Crippen LogP contribution in [-0.4, -0.2) is 12.3 Å². The molecule has 0 heterocycles. The van der Waals surface area contributed by atoms with Crippen molar-refractivity contribution in [3.05, 3.63) is 59.7 Å². The summed E-state index contributed by atoms with van der Waals surface area (Å²) in [6, 6.07) is 15.5. The van der Waals surface area contributed by atoms with Crippen molar-refractivity contribution in [1.82, 2.24) is 5.32 Å². The molecule has 2 aromatic rings. The normalized spacial score (nSPS) is 12.1. The van der Waals surface area contributed by atoms with Crippen LogP contribution < -0.4 is 15.4 Å². The molecule has 0 spiro atoms. The lowest BCUT2D eigenvalue weighted by Crippen LogP contribution is -2.39.